The number of benzene rings is 1. The number of rotatable bonds is 5. The second kappa shape index (κ2) is 6.50. The van der Waals surface area contributed by atoms with Gasteiger partial charge in [0.05, 0.1) is 13.2 Å². The van der Waals surface area contributed by atoms with E-state index in [4.69, 9.17) is 0 Å². The molecule has 0 radical (unpaired) electrons. The van der Waals surface area contributed by atoms with E-state index in [0.29, 0.717) is 6.42 Å². The van der Waals surface area contributed by atoms with E-state index in [2.05, 4.69) is 31.9 Å². The maximum Gasteiger partial charge on any atom is 0.0553 e. The van der Waals surface area contributed by atoms with Crippen LogP contribution < -0.4 is 0 Å². The summed E-state index contributed by atoms with van der Waals surface area (Å²) >= 11 is 8.53. The summed E-state index contributed by atoms with van der Waals surface area (Å²) in [6.07, 6.45) is 0.611. The van der Waals surface area contributed by atoms with Gasteiger partial charge in [0.1, 0.15) is 0 Å². The molecule has 2 aromatic rings. The number of aliphatic hydroxyl groups is 2. The smallest absolute Gasteiger partial charge is 0.0553 e. The van der Waals surface area contributed by atoms with E-state index in [9.17, 15) is 10.2 Å². The average Bonchev–Trinajstić information content (AvgIpc) is 2.82. The molecule has 0 saturated heterocycles. The normalized spacial score (nSPS) is 11.8. The fraction of sp³-hybridized carbons (Fsp3) is 0.286. The Labute approximate surface area is 133 Å². The molecular weight excluding hydrogens is 392 g/mol. The van der Waals surface area contributed by atoms with Crippen LogP contribution in [0.3, 0.4) is 0 Å². The van der Waals surface area contributed by atoms with Gasteiger partial charge in [-0.25, -0.2) is 0 Å². The van der Waals surface area contributed by atoms with Gasteiger partial charge in [0.2, 0.25) is 0 Å². The SMILES string of the molecule is OCC(CO)(Cc1sccc1Br)c1ccc(Br)cc1. The van der Waals surface area contributed by atoms with Crippen molar-refractivity contribution in [2.75, 3.05) is 13.2 Å². The Hall–Kier alpha value is -0.200. The van der Waals surface area contributed by atoms with Gasteiger partial charge >= 0.3 is 0 Å². The standard InChI is InChI=1S/C14H14Br2O2S/c15-11-3-1-10(2-4-11)14(8-17,9-18)7-13-12(16)5-6-19-13/h1-6,17-18H,7-9H2. The lowest BCUT2D eigenvalue weighted by Crippen LogP contribution is -2.37. The zero-order valence-corrected chi connectivity index (χ0v) is 14.1. The molecule has 5 heteroatoms. The minimum Gasteiger partial charge on any atom is -0.395 e. The highest BCUT2D eigenvalue weighted by Gasteiger charge is 2.32. The lowest BCUT2D eigenvalue weighted by molar-refractivity contribution is 0.116. The highest BCUT2D eigenvalue weighted by atomic mass is 79.9. The van der Waals surface area contributed by atoms with E-state index in [1.807, 2.05) is 35.7 Å². The minimum atomic E-state index is -0.645. The van der Waals surface area contributed by atoms with E-state index in [-0.39, 0.29) is 13.2 Å². The Morgan fingerprint density at radius 1 is 1.00 bits per heavy atom. The van der Waals surface area contributed by atoms with E-state index in [0.717, 1.165) is 19.4 Å². The van der Waals surface area contributed by atoms with Crippen molar-refractivity contribution in [1.82, 2.24) is 0 Å². The predicted molar refractivity (Wildman–Crippen MR) is 85.7 cm³/mol. The van der Waals surface area contributed by atoms with Crippen LogP contribution in [0.4, 0.5) is 0 Å². The summed E-state index contributed by atoms with van der Waals surface area (Å²) in [6.45, 7) is -0.176. The second-order valence-corrected chi connectivity index (χ2v) is 7.24. The molecule has 1 heterocycles. The summed E-state index contributed by atoms with van der Waals surface area (Å²) in [4.78, 5) is 1.13. The Morgan fingerprint density at radius 3 is 2.11 bits per heavy atom. The van der Waals surface area contributed by atoms with Gasteiger partial charge < -0.3 is 10.2 Å². The van der Waals surface area contributed by atoms with Crippen molar-refractivity contribution < 1.29 is 10.2 Å². The van der Waals surface area contributed by atoms with Gasteiger partial charge in [-0.2, -0.15) is 0 Å². The summed E-state index contributed by atoms with van der Waals surface area (Å²) in [5.41, 5.74) is 0.301. The Morgan fingerprint density at radius 2 is 1.63 bits per heavy atom. The zero-order chi connectivity index (χ0) is 13.9. The molecular formula is C14H14Br2O2S. The summed E-state index contributed by atoms with van der Waals surface area (Å²) in [5.74, 6) is 0. The van der Waals surface area contributed by atoms with Crippen LogP contribution in [0.5, 0.6) is 0 Å². The molecule has 19 heavy (non-hydrogen) atoms. The van der Waals surface area contributed by atoms with E-state index < -0.39 is 5.41 Å². The number of hydrogen-bond donors (Lipinski definition) is 2. The van der Waals surface area contributed by atoms with Gasteiger partial charge in [-0.3, -0.25) is 0 Å². The average molecular weight is 406 g/mol. The fourth-order valence-electron chi connectivity index (χ4n) is 2.01. The van der Waals surface area contributed by atoms with Crippen LogP contribution in [0.1, 0.15) is 10.4 Å². The van der Waals surface area contributed by atoms with Crippen molar-refractivity contribution in [2.45, 2.75) is 11.8 Å². The molecule has 2 nitrogen and oxygen atoms in total. The maximum atomic E-state index is 9.81. The molecule has 2 N–H and O–H groups in total. The summed E-state index contributed by atoms with van der Waals surface area (Å²) in [6, 6.07) is 9.73. The van der Waals surface area contributed by atoms with Crippen molar-refractivity contribution in [2.24, 2.45) is 0 Å². The molecule has 0 unspecified atom stereocenters. The van der Waals surface area contributed by atoms with Crippen LogP contribution >= 0.6 is 43.2 Å². The van der Waals surface area contributed by atoms with Crippen LogP contribution in [0.25, 0.3) is 0 Å². The van der Waals surface area contributed by atoms with Gasteiger partial charge in [-0.1, -0.05) is 28.1 Å². The Balaban J connectivity index is 2.37. The highest BCUT2D eigenvalue weighted by molar-refractivity contribution is 9.10. The van der Waals surface area contributed by atoms with E-state index in [1.54, 1.807) is 11.3 Å². The molecule has 0 atom stereocenters. The third-order valence-corrected chi connectivity index (χ3v) is 5.71. The lowest BCUT2D eigenvalue weighted by atomic mass is 9.78. The third kappa shape index (κ3) is 3.28. The second-order valence-electron chi connectivity index (χ2n) is 4.47. The molecule has 102 valence electrons. The first-order chi connectivity index (χ1) is 9.11. The van der Waals surface area contributed by atoms with Gasteiger partial charge in [-0.05, 0) is 51.5 Å². The summed E-state index contributed by atoms with van der Waals surface area (Å²) in [5, 5.41) is 21.6. The molecule has 0 bridgehead atoms. The van der Waals surface area contributed by atoms with Gasteiger partial charge in [0.15, 0.2) is 0 Å². The molecule has 0 fully saturated rings. The number of hydrogen-bond acceptors (Lipinski definition) is 3. The maximum absolute atomic E-state index is 9.81. The Bertz CT molecular complexity index is 533. The van der Waals surface area contributed by atoms with Crippen LogP contribution in [-0.2, 0) is 11.8 Å². The van der Waals surface area contributed by atoms with Crippen LogP contribution in [-0.4, -0.2) is 23.4 Å². The quantitative estimate of drug-likeness (QED) is 0.795. The van der Waals surface area contributed by atoms with Crippen molar-refractivity contribution in [3.05, 3.63) is 55.1 Å². The Kier molecular flexibility index (Phi) is 5.20. The fourth-order valence-corrected chi connectivity index (χ4v) is 3.91. The number of thiophene rings is 1. The summed E-state index contributed by atoms with van der Waals surface area (Å²) < 4.78 is 2.01. The topological polar surface area (TPSA) is 40.5 Å². The number of aliphatic hydroxyl groups excluding tert-OH is 2. The first-order valence-electron chi connectivity index (χ1n) is 5.81. The van der Waals surface area contributed by atoms with Crippen molar-refractivity contribution in [3.8, 4) is 0 Å². The molecule has 0 aliphatic heterocycles. The first-order valence-corrected chi connectivity index (χ1v) is 8.27. The summed E-state index contributed by atoms with van der Waals surface area (Å²) in [7, 11) is 0. The molecule has 0 amide bonds. The van der Waals surface area contributed by atoms with Gasteiger partial charge in [-0.15, -0.1) is 11.3 Å². The van der Waals surface area contributed by atoms with Crippen LogP contribution in [0, 0.1) is 0 Å². The zero-order valence-electron chi connectivity index (χ0n) is 10.1. The molecule has 0 saturated carbocycles. The van der Waals surface area contributed by atoms with Crippen LogP contribution in [0.2, 0.25) is 0 Å². The van der Waals surface area contributed by atoms with Crippen molar-refractivity contribution in [1.29, 1.82) is 0 Å². The van der Waals surface area contributed by atoms with Crippen molar-refractivity contribution >= 4 is 43.2 Å². The minimum absolute atomic E-state index is 0.0878. The molecule has 1 aromatic carbocycles. The largest absolute Gasteiger partial charge is 0.395 e. The lowest BCUT2D eigenvalue weighted by Gasteiger charge is -2.30. The van der Waals surface area contributed by atoms with Gasteiger partial charge in [0, 0.05) is 19.2 Å². The first kappa shape index (κ1) is 15.2. The molecule has 0 aliphatic rings. The monoisotopic (exact) mass is 404 g/mol. The highest BCUT2D eigenvalue weighted by Crippen LogP contribution is 2.34. The van der Waals surface area contributed by atoms with E-state index in [1.165, 1.54) is 0 Å². The third-order valence-electron chi connectivity index (χ3n) is 3.25. The number of halogens is 2. The van der Waals surface area contributed by atoms with Gasteiger partial charge in [0.25, 0.3) is 0 Å². The molecule has 0 spiro atoms. The van der Waals surface area contributed by atoms with Crippen molar-refractivity contribution in [3.63, 3.8) is 0 Å². The predicted octanol–water partition coefficient (Wildman–Crippen LogP) is 3.74. The molecule has 0 aliphatic carbocycles. The van der Waals surface area contributed by atoms with Crippen LogP contribution in [0.15, 0.2) is 44.7 Å². The molecule has 2 rings (SSSR count). The van der Waals surface area contributed by atoms with E-state index >= 15 is 0 Å². The molecule has 1 aromatic heterocycles.